The third-order valence-electron chi connectivity index (χ3n) is 4.06. The Labute approximate surface area is 131 Å². The molecule has 0 nitrogen and oxygen atoms in total. The van der Waals surface area contributed by atoms with Gasteiger partial charge >= 0.3 is 0 Å². The van der Waals surface area contributed by atoms with Gasteiger partial charge < -0.3 is 0 Å². The van der Waals surface area contributed by atoms with Crippen molar-refractivity contribution in [2.24, 2.45) is 0 Å². The summed E-state index contributed by atoms with van der Waals surface area (Å²) in [6, 6.07) is 18.5. The maximum atomic E-state index is 2.33. The maximum Gasteiger partial charge on any atom is -0.0195 e. The summed E-state index contributed by atoms with van der Waals surface area (Å²) in [7, 11) is -0.212. The molecule has 21 heavy (non-hydrogen) atoms. The Bertz CT molecular complexity index is 498. The average Bonchev–Trinajstić information content (AvgIpc) is 2.49. The molecule has 0 heterocycles. The van der Waals surface area contributed by atoms with Crippen LogP contribution in [0.1, 0.15) is 57.6 Å². The molecule has 0 saturated heterocycles. The fraction of sp³-hybridized carbons (Fsp3) is 0.400. The maximum absolute atomic E-state index is 2.33. The van der Waals surface area contributed by atoms with Gasteiger partial charge in [0.2, 0.25) is 0 Å². The van der Waals surface area contributed by atoms with Gasteiger partial charge in [-0.05, 0) is 47.7 Å². The molecule has 2 rings (SSSR count). The van der Waals surface area contributed by atoms with Crippen LogP contribution in [0.5, 0.6) is 0 Å². The molecule has 0 bridgehead atoms. The van der Waals surface area contributed by atoms with Crippen LogP contribution in [0.25, 0.3) is 0 Å². The van der Waals surface area contributed by atoms with Gasteiger partial charge in [0.1, 0.15) is 0 Å². The first-order valence-electron chi connectivity index (χ1n) is 8.00. The van der Waals surface area contributed by atoms with Crippen LogP contribution in [-0.2, 0) is 0 Å². The molecule has 0 aliphatic heterocycles. The highest BCUT2D eigenvalue weighted by Crippen LogP contribution is 2.33. The normalized spacial score (nSPS) is 11.6. The van der Waals surface area contributed by atoms with E-state index in [0.29, 0.717) is 11.8 Å². The standard InChI is InChI=1S/C20H27P/c1-6-21(19-11-7-17(8-12-19)15(2)3)20-13-9-18(10-14-20)16(4)5/h7-16H,6H2,1-5H3. The Hall–Kier alpha value is -1.13. The van der Waals surface area contributed by atoms with Crippen LogP contribution < -0.4 is 10.6 Å². The molecule has 2 aromatic rings. The van der Waals surface area contributed by atoms with Crippen LogP contribution in [0.4, 0.5) is 0 Å². The summed E-state index contributed by atoms with van der Waals surface area (Å²) >= 11 is 0. The van der Waals surface area contributed by atoms with E-state index in [1.165, 1.54) is 27.9 Å². The fourth-order valence-corrected chi connectivity index (χ4v) is 4.64. The predicted molar refractivity (Wildman–Crippen MR) is 97.8 cm³/mol. The summed E-state index contributed by atoms with van der Waals surface area (Å²) in [6.07, 6.45) is 1.21. The molecule has 0 aliphatic rings. The first kappa shape index (κ1) is 16.2. The van der Waals surface area contributed by atoms with Crippen molar-refractivity contribution in [3.8, 4) is 0 Å². The highest BCUT2D eigenvalue weighted by Gasteiger charge is 2.12. The van der Waals surface area contributed by atoms with Crippen molar-refractivity contribution in [3.63, 3.8) is 0 Å². The molecule has 0 spiro atoms. The van der Waals surface area contributed by atoms with Gasteiger partial charge in [0, 0.05) is 0 Å². The molecule has 0 saturated carbocycles. The minimum absolute atomic E-state index is 0.212. The first-order valence-corrected chi connectivity index (χ1v) is 9.53. The Kier molecular flexibility index (Phi) is 5.59. The number of rotatable bonds is 5. The van der Waals surface area contributed by atoms with Gasteiger partial charge in [0.15, 0.2) is 0 Å². The van der Waals surface area contributed by atoms with Gasteiger partial charge in [-0.15, -0.1) is 0 Å². The van der Waals surface area contributed by atoms with E-state index in [2.05, 4.69) is 83.1 Å². The molecular formula is C20H27P. The lowest BCUT2D eigenvalue weighted by Crippen LogP contribution is -2.13. The third-order valence-corrected chi connectivity index (χ3v) is 6.53. The zero-order chi connectivity index (χ0) is 15.4. The van der Waals surface area contributed by atoms with E-state index in [1.807, 2.05) is 0 Å². The SMILES string of the molecule is CCP(c1ccc(C(C)C)cc1)c1ccc(C(C)C)cc1. The van der Waals surface area contributed by atoms with Gasteiger partial charge in [0.25, 0.3) is 0 Å². The molecular weight excluding hydrogens is 271 g/mol. The first-order chi connectivity index (χ1) is 10.0. The lowest BCUT2D eigenvalue weighted by Gasteiger charge is -2.18. The van der Waals surface area contributed by atoms with Crippen LogP contribution in [0.2, 0.25) is 0 Å². The van der Waals surface area contributed by atoms with Gasteiger partial charge in [-0.1, -0.05) is 83.1 Å². The molecule has 112 valence electrons. The van der Waals surface area contributed by atoms with E-state index >= 15 is 0 Å². The van der Waals surface area contributed by atoms with Crippen molar-refractivity contribution in [1.82, 2.24) is 0 Å². The van der Waals surface area contributed by atoms with Crippen LogP contribution in [0, 0.1) is 0 Å². The Balaban J connectivity index is 2.26. The number of benzene rings is 2. The van der Waals surface area contributed by atoms with Gasteiger partial charge in [-0.3, -0.25) is 0 Å². The van der Waals surface area contributed by atoms with Crippen LogP contribution in [0.15, 0.2) is 48.5 Å². The third kappa shape index (κ3) is 3.95. The van der Waals surface area contributed by atoms with Crippen LogP contribution >= 0.6 is 7.92 Å². The van der Waals surface area contributed by atoms with E-state index in [4.69, 9.17) is 0 Å². The summed E-state index contributed by atoms with van der Waals surface area (Å²) in [6.45, 7) is 11.3. The van der Waals surface area contributed by atoms with Crippen molar-refractivity contribution >= 4 is 18.5 Å². The lowest BCUT2D eigenvalue weighted by molar-refractivity contribution is 0.867. The zero-order valence-electron chi connectivity index (χ0n) is 13.9. The van der Waals surface area contributed by atoms with E-state index in [-0.39, 0.29) is 7.92 Å². The minimum atomic E-state index is -0.212. The Morgan fingerprint density at radius 3 is 1.24 bits per heavy atom. The summed E-state index contributed by atoms with van der Waals surface area (Å²) in [4.78, 5) is 0. The highest BCUT2D eigenvalue weighted by atomic mass is 31.1. The Morgan fingerprint density at radius 1 is 0.667 bits per heavy atom. The second-order valence-corrected chi connectivity index (χ2v) is 8.76. The lowest BCUT2D eigenvalue weighted by atomic mass is 10.0. The van der Waals surface area contributed by atoms with Crippen molar-refractivity contribution in [3.05, 3.63) is 59.7 Å². The topological polar surface area (TPSA) is 0 Å². The largest absolute Gasteiger partial charge is 0.0608 e. The molecule has 0 aromatic heterocycles. The smallest absolute Gasteiger partial charge is 0.0195 e. The van der Waals surface area contributed by atoms with E-state index in [1.54, 1.807) is 0 Å². The molecule has 0 N–H and O–H groups in total. The molecule has 0 atom stereocenters. The van der Waals surface area contributed by atoms with Gasteiger partial charge in [-0.2, -0.15) is 0 Å². The predicted octanol–water partition coefficient (Wildman–Crippen LogP) is 5.39. The number of hydrogen-bond donors (Lipinski definition) is 0. The second-order valence-electron chi connectivity index (χ2n) is 6.24. The van der Waals surface area contributed by atoms with Crippen molar-refractivity contribution in [2.45, 2.75) is 46.5 Å². The molecule has 0 radical (unpaired) electrons. The van der Waals surface area contributed by atoms with E-state index in [9.17, 15) is 0 Å². The second kappa shape index (κ2) is 7.23. The molecule has 1 heteroatoms. The minimum Gasteiger partial charge on any atom is -0.0608 e. The molecule has 0 unspecified atom stereocenters. The molecule has 0 fully saturated rings. The molecule has 0 amide bonds. The average molecular weight is 298 g/mol. The monoisotopic (exact) mass is 298 g/mol. The Morgan fingerprint density at radius 2 is 1.00 bits per heavy atom. The van der Waals surface area contributed by atoms with Crippen molar-refractivity contribution < 1.29 is 0 Å². The van der Waals surface area contributed by atoms with Crippen molar-refractivity contribution in [2.75, 3.05) is 6.16 Å². The van der Waals surface area contributed by atoms with Crippen molar-refractivity contribution in [1.29, 1.82) is 0 Å². The highest BCUT2D eigenvalue weighted by molar-refractivity contribution is 7.72. The molecule has 2 aromatic carbocycles. The quantitative estimate of drug-likeness (QED) is 0.650. The van der Waals surface area contributed by atoms with E-state index < -0.39 is 0 Å². The zero-order valence-corrected chi connectivity index (χ0v) is 14.8. The summed E-state index contributed by atoms with van der Waals surface area (Å²) < 4.78 is 0. The van der Waals surface area contributed by atoms with Crippen LogP contribution in [-0.4, -0.2) is 6.16 Å². The summed E-state index contributed by atoms with van der Waals surface area (Å²) in [5, 5.41) is 2.99. The number of hydrogen-bond acceptors (Lipinski definition) is 0. The molecule has 0 aliphatic carbocycles. The fourth-order valence-electron chi connectivity index (χ4n) is 2.59. The van der Waals surface area contributed by atoms with E-state index in [0.717, 1.165) is 0 Å². The summed E-state index contributed by atoms with van der Waals surface area (Å²) in [5.74, 6) is 1.22. The van der Waals surface area contributed by atoms with Gasteiger partial charge in [-0.25, -0.2) is 0 Å². The summed E-state index contributed by atoms with van der Waals surface area (Å²) in [5.41, 5.74) is 2.86. The van der Waals surface area contributed by atoms with Gasteiger partial charge in [0.05, 0.1) is 0 Å². The van der Waals surface area contributed by atoms with Crippen LogP contribution in [0.3, 0.4) is 0 Å².